The van der Waals surface area contributed by atoms with Crippen LogP contribution in [0.2, 0.25) is 0 Å². The Morgan fingerprint density at radius 2 is 1.16 bits per heavy atom. The molecule has 2 heterocycles. The number of carbonyl (C=O) groups is 3. The van der Waals surface area contributed by atoms with Gasteiger partial charge in [-0.3, -0.25) is 20.7 Å². The zero-order chi connectivity index (χ0) is 31.1. The molecule has 3 aromatic carbocycles. The minimum absolute atomic E-state index is 0.0404. The lowest BCUT2D eigenvalue weighted by Gasteiger charge is -2.11. The maximum atomic E-state index is 12.7. The Balaban J connectivity index is 1.34. The lowest BCUT2D eigenvalue weighted by Crippen LogP contribution is -2.24. The molecule has 0 spiro atoms. The Labute approximate surface area is 256 Å². The zero-order valence-corrected chi connectivity index (χ0v) is 24.7. The number of thiazole rings is 1. The first-order valence-corrected chi connectivity index (χ1v) is 14.2. The second-order valence-corrected chi connectivity index (χ2v) is 10.5. The molecular weight excluding hydrogens is 580 g/mol. The molecule has 0 aliphatic heterocycles. The summed E-state index contributed by atoms with van der Waals surface area (Å²) in [5, 5.41) is 18.7. The van der Waals surface area contributed by atoms with E-state index in [4.69, 9.17) is 0 Å². The SMILES string of the molecule is CC(=O)Nc1ccc(-c2csc(Nc3nc(NC(=O)Nc4cccc(C)c4)nc(NC(=O)Nc4cccc(C)c4)n3)n2)cc1. The summed E-state index contributed by atoms with van der Waals surface area (Å²) < 4.78 is 0. The van der Waals surface area contributed by atoms with Crippen LogP contribution in [-0.2, 0) is 4.79 Å². The number of hydrogen-bond acceptors (Lipinski definition) is 9. The number of anilines is 7. The number of aromatic nitrogens is 4. The predicted octanol–water partition coefficient (Wildman–Crippen LogP) is 6.60. The van der Waals surface area contributed by atoms with Crippen LogP contribution in [0.1, 0.15) is 18.1 Å². The van der Waals surface area contributed by atoms with Crippen LogP contribution in [0, 0.1) is 13.8 Å². The average molecular weight is 609 g/mol. The molecule has 5 amide bonds. The summed E-state index contributed by atoms with van der Waals surface area (Å²) in [6, 6.07) is 20.7. The van der Waals surface area contributed by atoms with Crippen LogP contribution in [0.5, 0.6) is 0 Å². The minimum atomic E-state index is -0.581. The highest BCUT2D eigenvalue weighted by molar-refractivity contribution is 7.14. The molecule has 0 aliphatic rings. The molecule has 0 bridgehead atoms. The summed E-state index contributed by atoms with van der Waals surface area (Å²) in [6.07, 6.45) is 0. The van der Waals surface area contributed by atoms with Crippen LogP contribution in [0.15, 0.2) is 78.2 Å². The van der Waals surface area contributed by atoms with Gasteiger partial charge in [-0.25, -0.2) is 14.6 Å². The monoisotopic (exact) mass is 608 g/mol. The summed E-state index contributed by atoms with van der Waals surface area (Å²) in [7, 11) is 0. The fourth-order valence-electron chi connectivity index (χ4n) is 4.00. The van der Waals surface area contributed by atoms with Gasteiger partial charge in [0, 0.05) is 34.9 Å². The molecule has 5 rings (SSSR count). The molecule has 0 radical (unpaired) electrons. The van der Waals surface area contributed by atoms with E-state index in [1.54, 1.807) is 24.3 Å². The van der Waals surface area contributed by atoms with Crippen molar-refractivity contribution in [3.05, 3.63) is 89.3 Å². The molecule has 0 aliphatic carbocycles. The molecule has 14 heteroatoms. The smallest absolute Gasteiger partial charge is 0.326 e. The molecule has 0 saturated carbocycles. The number of aryl methyl sites for hydroxylation is 2. The van der Waals surface area contributed by atoms with E-state index in [0.717, 1.165) is 16.7 Å². The molecule has 0 atom stereocenters. The van der Waals surface area contributed by atoms with Crippen LogP contribution in [0.25, 0.3) is 11.3 Å². The van der Waals surface area contributed by atoms with E-state index in [9.17, 15) is 14.4 Å². The van der Waals surface area contributed by atoms with Crippen molar-refractivity contribution in [1.82, 2.24) is 19.9 Å². The van der Waals surface area contributed by atoms with Gasteiger partial charge in [0.25, 0.3) is 0 Å². The summed E-state index contributed by atoms with van der Waals surface area (Å²) in [4.78, 5) is 54.2. The van der Waals surface area contributed by atoms with E-state index < -0.39 is 12.1 Å². The Bertz CT molecular complexity index is 1740. The molecule has 0 unspecified atom stereocenters. The maximum absolute atomic E-state index is 12.7. The van der Waals surface area contributed by atoms with Gasteiger partial charge >= 0.3 is 12.1 Å². The molecule has 222 valence electrons. The highest BCUT2D eigenvalue weighted by Crippen LogP contribution is 2.28. The Kier molecular flexibility index (Phi) is 9.01. The Hall–Kier alpha value is -5.89. The maximum Gasteiger partial charge on any atom is 0.326 e. The first-order valence-electron chi connectivity index (χ1n) is 13.3. The van der Waals surface area contributed by atoms with E-state index in [1.165, 1.54) is 18.3 Å². The fraction of sp³-hybridized carbons (Fsp3) is 0.100. The third kappa shape index (κ3) is 8.33. The van der Waals surface area contributed by atoms with Gasteiger partial charge in [-0.1, -0.05) is 36.4 Å². The van der Waals surface area contributed by atoms with Crippen LogP contribution >= 0.6 is 11.3 Å². The quantitative estimate of drug-likeness (QED) is 0.114. The van der Waals surface area contributed by atoms with Crippen LogP contribution in [-0.4, -0.2) is 37.9 Å². The van der Waals surface area contributed by atoms with Gasteiger partial charge in [0.15, 0.2) is 5.13 Å². The highest BCUT2D eigenvalue weighted by atomic mass is 32.1. The summed E-state index contributed by atoms with van der Waals surface area (Å²) >= 11 is 1.31. The first kappa shape index (κ1) is 29.6. The van der Waals surface area contributed by atoms with Crippen molar-refractivity contribution in [2.24, 2.45) is 0 Å². The second kappa shape index (κ2) is 13.4. The lowest BCUT2D eigenvalue weighted by atomic mass is 10.1. The van der Waals surface area contributed by atoms with E-state index in [-0.39, 0.29) is 23.8 Å². The molecule has 44 heavy (non-hydrogen) atoms. The molecule has 0 fully saturated rings. The largest absolute Gasteiger partial charge is 0.326 e. The summed E-state index contributed by atoms with van der Waals surface area (Å²) in [5.74, 6) is -0.329. The third-order valence-electron chi connectivity index (χ3n) is 5.86. The molecule has 13 nitrogen and oxygen atoms in total. The normalized spacial score (nSPS) is 10.4. The molecule has 5 aromatic rings. The summed E-state index contributed by atoms with van der Waals surface area (Å²) in [5.41, 5.74) is 5.34. The van der Waals surface area contributed by atoms with Crippen molar-refractivity contribution in [2.75, 3.05) is 31.9 Å². The van der Waals surface area contributed by atoms with E-state index in [0.29, 0.717) is 27.9 Å². The van der Waals surface area contributed by atoms with Gasteiger partial charge < -0.3 is 16.0 Å². The van der Waals surface area contributed by atoms with E-state index in [2.05, 4.69) is 51.8 Å². The Morgan fingerprint density at radius 1 is 0.614 bits per heavy atom. The van der Waals surface area contributed by atoms with Crippen LogP contribution in [0.3, 0.4) is 0 Å². The Morgan fingerprint density at radius 3 is 1.68 bits per heavy atom. The van der Waals surface area contributed by atoms with Crippen molar-refractivity contribution >= 4 is 69.3 Å². The van der Waals surface area contributed by atoms with Crippen LogP contribution in [0.4, 0.5) is 49.6 Å². The van der Waals surface area contributed by atoms with Crippen molar-refractivity contribution in [1.29, 1.82) is 0 Å². The first-order chi connectivity index (χ1) is 21.2. The van der Waals surface area contributed by atoms with Gasteiger partial charge in [0.2, 0.25) is 23.8 Å². The number of rotatable bonds is 8. The standard InChI is InChI=1S/C30H28N10O3S/c1-17-6-4-8-22(14-17)32-28(42)38-25-35-26(39-29(43)33-23-9-5-7-18(2)15-23)37-27(36-25)40-30-34-24(16-44-30)20-10-12-21(13-11-20)31-19(3)41/h4-16H,1-3H3,(H,31,41)(H5,32,33,34,35,36,37,38,39,40,42,43). The van der Waals surface area contributed by atoms with Crippen LogP contribution < -0.4 is 31.9 Å². The number of nitrogens with zero attached hydrogens (tertiary/aromatic N) is 4. The number of hydrogen-bond donors (Lipinski definition) is 6. The van der Waals surface area contributed by atoms with Gasteiger partial charge in [0.1, 0.15) is 0 Å². The highest BCUT2D eigenvalue weighted by Gasteiger charge is 2.14. The molecule has 6 N–H and O–H groups in total. The molecular formula is C30H28N10O3S. The zero-order valence-electron chi connectivity index (χ0n) is 23.9. The van der Waals surface area contributed by atoms with E-state index >= 15 is 0 Å². The molecule has 2 aromatic heterocycles. The lowest BCUT2D eigenvalue weighted by molar-refractivity contribution is -0.114. The van der Waals surface area contributed by atoms with Gasteiger partial charge in [-0.05, 0) is 61.4 Å². The van der Waals surface area contributed by atoms with E-state index in [1.807, 2.05) is 67.8 Å². The molecule has 0 saturated heterocycles. The third-order valence-corrected chi connectivity index (χ3v) is 6.62. The minimum Gasteiger partial charge on any atom is -0.326 e. The predicted molar refractivity (Wildman–Crippen MR) is 173 cm³/mol. The topological polar surface area (TPSA) is 175 Å². The fourth-order valence-corrected chi connectivity index (χ4v) is 4.72. The number of benzene rings is 3. The number of nitrogens with one attached hydrogen (secondary N) is 6. The van der Waals surface area contributed by atoms with Crippen molar-refractivity contribution in [2.45, 2.75) is 20.8 Å². The number of urea groups is 2. The van der Waals surface area contributed by atoms with Crippen molar-refractivity contribution < 1.29 is 14.4 Å². The van der Waals surface area contributed by atoms with Gasteiger partial charge in [-0.2, -0.15) is 15.0 Å². The van der Waals surface area contributed by atoms with Gasteiger partial charge in [0.05, 0.1) is 5.69 Å². The number of amides is 5. The number of carbonyl (C=O) groups excluding carboxylic acids is 3. The van der Waals surface area contributed by atoms with Crippen molar-refractivity contribution in [3.8, 4) is 11.3 Å². The average Bonchev–Trinajstić information content (AvgIpc) is 3.41. The van der Waals surface area contributed by atoms with Crippen molar-refractivity contribution in [3.63, 3.8) is 0 Å². The van der Waals surface area contributed by atoms with Gasteiger partial charge in [-0.15, -0.1) is 11.3 Å². The summed E-state index contributed by atoms with van der Waals surface area (Å²) in [6.45, 7) is 5.28. The second-order valence-electron chi connectivity index (χ2n) is 9.62.